The van der Waals surface area contributed by atoms with E-state index in [0.717, 1.165) is 5.56 Å². The van der Waals surface area contributed by atoms with E-state index in [4.69, 9.17) is 5.11 Å². The molecule has 0 radical (unpaired) electrons. The normalized spacial score (nSPS) is 23.6. The van der Waals surface area contributed by atoms with Gasteiger partial charge in [-0.2, -0.15) is 0 Å². The fraction of sp³-hybridized carbons (Fsp3) is 0.500. The van der Waals surface area contributed by atoms with Gasteiger partial charge in [0.25, 0.3) is 0 Å². The summed E-state index contributed by atoms with van der Waals surface area (Å²) in [6.07, 6.45) is 0.568. The van der Waals surface area contributed by atoms with Crippen LogP contribution in [0.15, 0.2) is 18.2 Å². The van der Waals surface area contributed by atoms with Gasteiger partial charge in [0.2, 0.25) is 0 Å². The lowest BCUT2D eigenvalue weighted by Gasteiger charge is -2.14. The minimum atomic E-state index is -0.767. The van der Waals surface area contributed by atoms with Gasteiger partial charge in [-0.25, -0.2) is 4.39 Å². The molecule has 0 saturated carbocycles. The molecule has 1 fully saturated rings. The van der Waals surface area contributed by atoms with Crippen molar-refractivity contribution in [1.29, 1.82) is 0 Å². The Balaban J connectivity index is 2.20. The van der Waals surface area contributed by atoms with Gasteiger partial charge in [0.05, 0.1) is 5.92 Å². The lowest BCUT2D eigenvalue weighted by molar-refractivity contribution is -0.141. The number of carboxylic acid groups (broad SMARTS) is 1. The van der Waals surface area contributed by atoms with Crippen molar-refractivity contribution in [3.8, 4) is 0 Å². The van der Waals surface area contributed by atoms with E-state index in [-0.39, 0.29) is 23.7 Å². The zero-order valence-corrected chi connectivity index (χ0v) is 10.6. The first-order valence-electron chi connectivity index (χ1n) is 6.24. The largest absolute Gasteiger partial charge is 0.481 e. The number of nitrogens with one attached hydrogen (secondary N) is 1. The van der Waals surface area contributed by atoms with Crippen molar-refractivity contribution < 1.29 is 14.3 Å². The van der Waals surface area contributed by atoms with Crippen molar-refractivity contribution >= 4 is 5.97 Å². The van der Waals surface area contributed by atoms with Crippen molar-refractivity contribution in [3.05, 3.63) is 35.1 Å². The molecule has 1 aliphatic rings. The number of benzene rings is 1. The van der Waals surface area contributed by atoms with Crippen LogP contribution in [0, 0.1) is 11.7 Å². The molecule has 2 atom stereocenters. The van der Waals surface area contributed by atoms with Gasteiger partial charge >= 0.3 is 5.97 Å². The maximum Gasteiger partial charge on any atom is 0.307 e. The Labute approximate surface area is 106 Å². The van der Waals surface area contributed by atoms with Gasteiger partial charge in [0, 0.05) is 12.6 Å². The first-order chi connectivity index (χ1) is 8.49. The average Bonchev–Trinajstić information content (AvgIpc) is 2.78. The number of carboxylic acids is 1. The van der Waals surface area contributed by atoms with Gasteiger partial charge < -0.3 is 10.4 Å². The van der Waals surface area contributed by atoms with Crippen LogP contribution in [-0.2, 0) is 4.79 Å². The summed E-state index contributed by atoms with van der Waals surface area (Å²) in [5.41, 5.74) is 1.66. The van der Waals surface area contributed by atoms with Crippen LogP contribution >= 0.6 is 0 Å². The second-order valence-corrected chi connectivity index (χ2v) is 5.17. The predicted octanol–water partition coefficient (Wildman–Crippen LogP) is 2.68. The molecule has 4 heteroatoms. The summed E-state index contributed by atoms with van der Waals surface area (Å²) < 4.78 is 13.6. The SMILES string of the molecule is CC(C)c1cc(C2CC(C(=O)O)CN2)ccc1F. The molecule has 0 aromatic heterocycles. The molecule has 3 nitrogen and oxygen atoms in total. The zero-order chi connectivity index (χ0) is 13.3. The molecule has 0 bridgehead atoms. The lowest BCUT2D eigenvalue weighted by atomic mass is 9.95. The number of carbonyl (C=O) groups is 1. The summed E-state index contributed by atoms with van der Waals surface area (Å²) in [5, 5.41) is 12.2. The van der Waals surface area contributed by atoms with Crippen molar-refractivity contribution in [2.75, 3.05) is 6.54 Å². The molecular formula is C14H18FNO2. The molecular weight excluding hydrogens is 233 g/mol. The van der Waals surface area contributed by atoms with Crippen molar-refractivity contribution in [2.24, 2.45) is 5.92 Å². The third-order valence-corrected chi connectivity index (χ3v) is 3.52. The Kier molecular flexibility index (Phi) is 3.66. The highest BCUT2D eigenvalue weighted by molar-refractivity contribution is 5.70. The number of rotatable bonds is 3. The van der Waals surface area contributed by atoms with Crippen molar-refractivity contribution in [2.45, 2.75) is 32.2 Å². The molecule has 0 amide bonds. The van der Waals surface area contributed by atoms with Crippen LogP contribution < -0.4 is 5.32 Å². The topological polar surface area (TPSA) is 49.3 Å². The van der Waals surface area contributed by atoms with E-state index in [1.807, 2.05) is 19.9 Å². The minimum Gasteiger partial charge on any atom is -0.481 e. The van der Waals surface area contributed by atoms with E-state index in [1.54, 1.807) is 6.07 Å². The van der Waals surface area contributed by atoms with Crippen molar-refractivity contribution in [3.63, 3.8) is 0 Å². The first-order valence-corrected chi connectivity index (χ1v) is 6.24. The van der Waals surface area contributed by atoms with Gasteiger partial charge in [-0.15, -0.1) is 0 Å². The highest BCUT2D eigenvalue weighted by Crippen LogP contribution is 2.30. The van der Waals surface area contributed by atoms with Crippen LogP contribution in [0.25, 0.3) is 0 Å². The Morgan fingerprint density at radius 2 is 2.22 bits per heavy atom. The van der Waals surface area contributed by atoms with E-state index >= 15 is 0 Å². The second kappa shape index (κ2) is 5.06. The number of hydrogen-bond donors (Lipinski definition) is 2. The molecule has 1 aliphatic heterocycles. The second-order valence-electron chi connectivity index (χ2n) is 5.17. The highest BCUT2D eigenvalue weighted by atomic mass is 19.1. The Bertz CT molecular complexity index is 459. The Morgan fingerprint density at radius 3 is 2.78 bits per heavy atom. The summed E-state index contributed by atoms with van der Waals surface area (Å²) in [5.74, 6) is -1.18. The number of aliphatic carboxylic acids is 1. The summed E-state index contributed by atoms with van der Waals surface area (Å²) in [6.45, 7) is 4.38. The van der Waals surface area contributed by atoms with Gasteiger partial charge in [0.1, 0.15) is 5.82 Å². The fourth-order valence-corrected chi connectivity index (χ4v) is 2.40. The van der Waals surface area contributed by atoms with Crippen LogP contribution in [0.5, 0.6) is 0 Å². The molecule has 2 N–H and O–H groups in total. The molecule has 1 saturated heterocycles. The van der Waals surface area contributed by atoms with E-state index in [1.165, 1.54) is 6.07 Å². The van der Waals surface area contributed by atoms with E-state index in [0.29, 0.717) is 18.5 Å². The maximum absolute atomic E-state index is 13.6. The molecule has 2 unspecified atom stereocenters. The van der Waals surface area contributed by atoms with Gasteiger partial charge in [0.15, 0.2) is 0 Å². The fourth-order valence-electron chi connectivity index (χ4n) is 2.40. The van der Waals surface area contributed by atoms with E-state index < -0.39 is 5.97 Å². The van der Waals surface area contributed by atoms with E-state index in [9.17, 15) is 9.18 Å². The molecule has 18 heavy (non-hydrogen) atoms. The standard InChI is InChI=1S/C14H18FNO2/c1-8(2)11-5-9(3-4-12(11)15)13-6-10(7-16-13)14(17)18/h3-5,8,10,13,16H,6-7H2,1-2H3,(H,17,18). The zero-order valence-electron chi connectivity index (χ0n) is 10.6. The minimum absolute atomic E-state index is 0.0178. The van der Waals surface area contributed by atoms with Crippen LogP contribution in [-0.4, -0.2) is 17.6 Å². The summed E-state index contributed by atoms with van der Waals surface area (Å²) >= 11 is 0. The van der Waals surface area contributed by atoms with E-state index in [2.05, 4.69) is 5.32 Å². The first kappa shape index (κ1) is 13.0. The Morgan fingerprint density at radius 1 is 1.50 bits per heavy atom. The number of halogens is 1. The average molecular weight is 251 g/mol. The maximum atomic E-state index is 13.6. The summed E-state index contributed by atoms with van der Waals surface area (Å²) in [4.78, 5) is 10.9. The van der Waals surface area contributed by atoms with Crippen LogP contribution in [0.1, 0.15) is 43.4 Å². The molecule has 0 aliphatic carbocycles. The smallest absolute Gasteiger partial charge is 0.307 e. The van der Waals surface area contributed by atoms with Crippen molar-refractivity contribution in [1.82, 2.24) is 5.32 Å². The summed E-state index contributed by atoms with van der Waals surface area (Å²) in [6, 6.07) is 5.08. The molecule has 2 rings (SSSR count). The molecule has 1 heterocycles. The quantitative estimate of drug-likeness (QED) is 0.868. The lowest BCUT2D eigenvalue weighted by Crippen LogP contribution is -2.17. The molecule has 1 aromatic rings. The monoisotopic (exact) mass is 251 g/mol. The molecule has 0 spiro atoms. The predicted molar refractivity (Wildman–Crippen MR) is 67.0 cm³/mol. The van der Waals surface area contributed by atoms with Gasteiger partial charge in [-0.3, -0.25) is 4.79 Å². The van der Waals surface area contributed by atoms with Gasteiger partial charge in [-0.1, -0.05) is 26.0 Å². The van der Waals surface area contributed by atoms with Gasteiger partial charge in [-0.05, 0) is 29.5 Å². The van der Waals surface area contributed by atoms with Crippen LogP contribution in [0.3, 0.4) is 0 Å². The highest BCUT2D eigenvalue weighted by Gasteiger charge is 2.30. The third-order valence-electron chi connectivity index (χ3n) is 3.52. The van der Waals surface area contributed by atoms with Crippen LogP contribution in [0.2, 0.25) is 0 Å². The Hall–Kier alpha value is -1.42. The third kappa shape index (κ3) is 2.53. The van der Waals surface area contributed by atoms with Crippen LogP contribution in [0.4, 0.5) is 4.39 Å². The summed E-state index contributed by atoms with van der Waals surface area (Å²) in [7, 11) is 0. The molecule has 98 valence electrons. The molecule has 1 aromatic carbocycles. The number of hydrogen-bond acceptors (Lipinski definition) is 2.